The molecule has 2 heterocycles. The van der Waals surface area contributed by atoms with Crippen LogP contribution < -0.4 is 10.3 Å². The van der Waals surface area contributed by atoms with E-state index in [0.717, 1.165) is 32.4 Å². The number of nitrogens with one attached hydrogen (secondary N) is 1. The van der Waals surface area contributed by atoms with Crippen molar-refractivity contribution >= 4 is 34.8 Å². The van der Waals surface area contributed by atoms with Crippen molar-refractivity contribution in [3.05, 3.63) is 60.2 Å². The summed E-state index contributed by atoms with van der Waals surface area (Å²) in [5.74, 6) is -0.627. The Morgan fingerprint density at radius 3 is 2.33 bits per heavy atom. The number of carbonyl (C=O) groups is 3. The van der Waals surface area contributed by atoms with Crippen LogP contribution in [0.15, 0.2) is 59.7 Å². The Bertz CT molecular complexity index is 981. The fraction of sp³-hybridized carbons (Fsp3) is 0.304. The summed E-state index contributed by atoms with van der Waals surface area (Å²) in [7, 11) is 0. The van der Waals surface area contributed by atoms with Crippen LogP contribution in [0.4, 0.5) is 11.4 Å². The zero-order valence-electron chi connectivity index (χ0n) is 16.7. The van der Waals surface area contributed by atoms with Crippen molar-refractivity contribution in [1.29, 1.82) is 0 Å². The molecule has 2 aromatic rings. The molecule has 0 aromatic heterocycles. The van der Waals surface area contributed by atoms with Gasteiger partial charge in [-0.05, 0) is 43.5 Å². The smallest absolute Gasteiger partial charge is 0.271 e. The van der Waals surface area contributed by atoms with Crippen molar-refractivity contribution < 1.29 is 14.4 Å². The average Bonchev–Trinajstić information content (AvgIpc) is 2.80. The number of likely N-dealkylation sites (tertiary alicyclic amines) is 1. The van der Waals surface area contributed by atoms with Gasteiger partial charge in [0.2, 0.25) is 5.91 Å². The number of anilines is 2. The van der Waals surface area contributed by atoms with Crippen molar-refractivity contribution in [2.45, 2.75) is 32.1 Å². The Morgan fingerprint density at radius 2 is 1.57 bits per heavy atom. The Labute approximate surface area is 175 Å². The van der Waals surface area contributed by atoms with Crippen molar-refractivity contribution in [1.82, 2.24) is 4.90 Å². The summed E-state index contributed by atoms with van der Waals surface area (Å²) < 4.78 is 0. The lowest BCUT2D eigenvalue weighted by Crippen LogP contribution is -2.37. The molecule has 1 saturated heterocycles. The van der Waals surface area contributed by atoms with Crippen LogP contribution in [-0.4, -0.2) is 41.4 Å². The summed E-state index contributed by atoms with van der Waals surface area (Å²) in [5, 5.41) is 8.39. The summed E-state index contributed by atoms with van der Waals surface area (Å²) in [6.07, 6.45) is 3.60. The van der Waals surface area contributed by atoms with Crippen LogP contribution in [0.3, 0.4) is 0 Å². The van der Waals surface area contributed by atoms with Crippen LogP contribution in [0.5, 0.6) is 0 Å². The van der Waals surface area contributed by atoms with Gasteiger partial charge in [-0.25, -0.2) is 5.01 Å². The summed E-state index contributed by atoms with van der Waals surface area (Å²) in [6.45, 7) is 1.48. The van der Waals surface area contributed by atoms with E-state index >= 15 is 0 Å². The van der Waals surface area contributed by atoms with Crippen LogP contribution in [0, 0.1) is 0 Å². The second-order valence-corrected chi connectivity index (χ2v) is 7.44. The third-order valence-corrected chi connectivity index (χ3v) is 5.34. The highest BCUT2D eigenvalue weighted by Crippen LogP contribution is 2.22. The van der Waals surface area contributed by atoms with Crippen LogP contribution in [-0.2, 0) is 9.59 Å². The van der Waals surface area contributed by atoms with Gasteiger partial charge in [0.15, 0.2) is 0 Å². The van der Waals surface area contributed by atoms with Crippen molar-refractivity contribution in [2.24, 2.45) is 5.10 Å². The molecule has 1 fully saturated rings. The number of amides is 3. The molecule has 4 rings (SSSR count). The largest absolute Gasteiger partial charge is 0.339 e. The van der Waals surface area contributed by atoms with E-state index in [1.54, 1.807) is 36.4 Å². The Kier molecular flexibility index (Phi) is 5.88. The lowest BCUT2D eigenvalue weighted by molar-refractivity contribution is -0.118. The topological polar surface area (TPSA) is 82.1 Å². The van der Waals surface area contributed by atoms with E-state index in [-0.39, 0.29) is 30.4 Å². The molecule has 2 aromatic carbocycles. The van der Waals surface area contributed by atoms with E-state index < -0.39 is 5.91 Å². The number of para-hydroxylation sites is 2. The second-order valence-electron chi connectivity index (χ2n) is 7.44. The first-order chi connectivity index (χ1) is 14.6. The first kappa shape index (κ1) is 19.8. The molecule has 7 heteroatoms. The summed E-state index contributed by atoms with van der Waals surface area (Å²) in [4.78, 5) is 40.0. The molecule has 30 heavy (non-hydrogen) atoms. The molecular formula is C23H24N4O3. The number of benzene rings is 2. The quantitative estimate of drug-likeness (QED) is 0.848. The van der Waals surface area contributed by atoms with Crippen LogP contribution in [0.25, 0.3) is 0 Å². The lowest BCUT2D eigenvalue weighted by Gasteiger charge is -2.27. The number of piperidine rings is 1. The van der Waals surface area contributed by atoms with Gasteiger partial charge >= 0.3 is 0 Å². The molecule has 0 bridgehead atoms. The number of hydrogen-bond acceptors (Lipinski definition) is 4. The molecular weight excluding hydrogens is 380 g/mol. The van der Waals surface area contributed by atoms with Crippen LogP contribution >= 0.6 is 0 Å². The van der Waals surface area contributed by atoms with Gasteiger partial charge in [0, 0.05) is 25.9 Å². The highest BCUT2D eigenvalue weighted by Gasteiger charge is 2.27. The zero-order valence-corrected chi connectivity index (χ0v) is 16.7. The fourth-order valence-electron chi connectivity index (χ4n) is 3.73. The average molecular weight is 404 g/mol. The molecule has 0 unspecified atom stereocenters. The highest BCUT2D eigenvalue weighted by molar-refractivity contribution is 6.44. The standard InChI is InChI=1S/C23H24N4O3/c28-21-14-13-20(25-27(21)17-9-3-1-4-10-17)22(29)24-19-12-6-5-11-18(19)23(30)26-15-7-2-8-16-26/h1,3-6,9-12H,2,7-8,13-16H2,(H,24,29). The Balaban J connectivity index is 1.54. The van der Waals surface area contributed by atoms with Gasteiger partial charge in [-0.2, -0.15) is 5.10 Å². The Morgan fingerprint density at radius 1 is 0.867 bits per heavy atom. The summed E-state index contributed by atoms with van der Waals surface area (Å²) in [6, 6.07) is 16.1. The first-order valence-electron chi connectivity index (χ1n) is 10.3. The molecule has 2 aliphatic rings. The number of hydrazone groups is 1. The minimum atomic E-state index is -0.401. The molecule has 0 radical (unpaired) electrons. The van der Waals surface area contributed by atoms with E-state index in [9.17, 15) is 14.4 Å². The van der Waals surface area contributed by atoms with Gasteiger partial charge in [0.05, 0.1) is 16.9 Å². The van der Waals surface area contributed by atoms with E-state index in [1.165, 1.54) is 5.01 Å². The van der Waals surface area contributed by atoms with Gasteiger partial charge < -0.3 is 10.2 Å². The summed E-state index contributed by atoms with van der Waals surface area (Å²) in [5.41, 5.74) is 1.82. The Hall–Kier alpha value is -3.48. The zero-order chi connectivity index (χ0) is 20.9. The molecule has 1 N–H and O–H groups in total. The molecule has 0 spiro atoms. The molecule has 0 atom stereocenters. The molecule has 7 nitrogen and oxygen atoms in total. The summed E-state index contributed by atoms with van der Waals surface area (Å²) >= 11 is 0. The van der Waals surface area contributed by atoms with Crippen LogP contribution in [0.2, 0.25) is 0 Å². The first-order valence-corrected chi connectivity index (χ1v) is 10.3. The maximum atomic E-state index is 12.9. The number of carbonyl (C=O) groups excluding carboxylic acids is 3. The van der Waals surface area contributed by atoms with Gasteiger partial charge in [-0.15, -0.1) is 0 Å². The second kappa shape index (κ2) is 8.90. The number of hydrogen-bond donors (Lipinski definition) is 1. The van der Waals surface area contributed by atoms with E-state index in [0.29, 0.717) is 16.9 Å². The van der Waals surface area contributed by atoms with Crippen molar-refractivity contribution in [3.63, 3.8) is 0 Å². The maximum Gasteiger partial charge on any atom is 0.271 e. The fourth-order valence-corrected chi connectivity index (χ4v) is 3.73. The molecule has 0 saturated carbocycles. The normalized spacial score (nSPS) is 16.8. The van der Waals surface area contributed by atoms with Crippen molar-refractivity contribution in [3.8, 4) is 0 Å². The predicted molar refractivity (Wildman–Crippen MR) is 115 cm³/mol. The van der Waals surface area contributed by atoms with E-state index in [4.69, 9.17) is 0 Å². The van der Waals surface area contributed by atoms with E-state index in [1.807, 2.05) is 23.1 Å². The molecule has 2 aliphatic heterocycles. The minimum Gasteiger partial charge on any atom is -0.339 e. The van der Waals surface area contributed by atoms with Gasteiger partial charge in [-0.3, -0.25) is 14.4 Å². The number of nitrogens with zero attached hydrogens (tertiary/aromatic N) is 3. The maximum absolute atomic E-state index is 12.9. The number of rotatable bonds is 4. The lowest BCUT2D eigenvalue weighted by atomic mass is 10.1. The highest BCUT2D eigenvalue weighted by atomic mass is 16.2. The van der Waals surface area contributed by atoms with Gasteiger partial charge in [-0.1, -0.05) is 30.3 Å². The molecule has 3 amide bonds. The van der Waals surface area contributed by atoms with Gasteiger partial charge in [0.1, 0.15) is 5.71 Å². The predicted octanol–water partition coefficient (Wildman–Crippen LogP) is 3.43. The van der Waals surface area contributed by atoms with Crippen molar-refractivity contribution in [2.75, 3.05) is 23.4 Å². The molecule has 154 valence electrons. The third kappa shape index (κ3) is 4.25. The van der Waals surface area contributed by atoms with Crippen LogP contribution in [0.1, 0.15) is 42.5 Å². The third-order valence-electron chi connectivity index (χ3n) is 5.34. The SMILES string of the molecule is O=C(Nc1ccccc1C(=O)N1CCCCC1)C1=NN(c2ccccc2)C(=O)CC1. The van der Waals surface area contributed by atoms with Gasteiger partial charge in [0.25, 0.3) is 11.8 Å². The monoisotopic (exact) mass is 404 g/mol. The minimum absolute atomic E-state index is 0.0720. The van der Waals surface area contributed by atoms with E-state index in [2.05, 4.69) is 10.4 Å². The molecule has 0 aliphatic carbocycles.